The first kappa shape index (κ1) is 11.3. The Morgan fingerprint density at radius 3 is 2.80 bits per heavy atom. The molecule has 2 heterocycles. The Hall–Kier alpha value is -2.56. The predicted molar refractivity (Wildman–Crippen MR) is 71.1 cm³/mol. The molecule has 0 aliphatic carbocycles. The van der Waals surface area contributed by atoms with Gasteiger partial charge in [-0.05, 0) is 12.1 Å². The number of non-ortho nitro benzene ring substituents is 1. The average molecular weight is 269 g/mol. The van der Waals surface area contributed by atoms with Gasteiger partial charge in [0.2, 0.25) is 0 Å². The monoisotopic (exact) mass is 269 g/mol. The number of ether oxygens (including phenoxy) is 2. The molecule has 4 rings (SSSR count). The summed E-state index contributed by atoms with van der Waals surface area (Å²) in [5, 5.41) is 10.9. The average Bonchev–Trinajstić information content (AvgIpc) is 2.85. The van der Waals surface area contributed by atoms with Crippen LogP contribution < -0.4 is 9.47 Å². The third-order valence-electron chi connectivity index (χ3n) is 3.87. The summed E-state index contributed by atoms with van der Waals surface area (Å²) < 4.78 is 11.7. The number of hydrogen-bond acceptors (Lipinski definition) is 4. The molecule has 0 spiro atoms. The quantitative estimate of drug-likeness (QED) is 0.589. The van der Waals surface area contributed by atoms with Crippen LogP contribution in [0.2, 0.25) is 0 Å². The molecule has 100 valence electrons. The standard InChI is InChI=1S/C15H11NO4/c17-16(18)9-5-6-14-11(7-9)12-8-19-13-4-2-1-3-10(13)15(12)20-14/h1-7,12,15H,8H2/t12-,15-/m1/s1. The van der Waals surface area contributed by atoms with E-state index in [1.165, 1.54) is 6.07 Å². The van der Waals surface area contributed by atoms with Gasteiger partial charge >= 0.3 is 0 Å². The normalized spacial score (nSPS) is 22.0. The lowest BCUT2D eigenvalue weighted by atomic mass is 9.89. The Kier molecular flexibility index (Phi) is 2.24. The summed E-state index contributed by atoms with van der Waals surface area (Å²) in [6, 6.07) is 12.5. The summed E-state index contributed by atoms with van der Waals surface area (Å²) in [6.45, 7) is 0.482. The fraction of sp³-hybridized carbons (Fsp3) is 0.200. The lowest BCUT2D eigenvalue weighted by molar-refractivity contribution is -0.384. The van der Waals surface area contributed by atoms with Crippen molar-refractivity contribution in [3.05, 3.63) is 63.7 Å². The summed E-state index contributed by atoms with van der Waals surface area (Å²) in [5.41, 5.74) is 1.95. The Labute approximate surface area is 114 Å². The van der Waals surface area contributed by atoms with Crippen LogP contribution in [0, 0.1) is 10.1 Å². The van der Waals surface area contributed by atoms with E-state index in [0.717, 1.165) is 16.9 Å². The van der Waals surface area contributed by atoms with Gasteiger partial charge in [0.15, 0.2) is 0 Å². The van der Waals surface area contributed by atoms with E-state index in [9.17, 15) is 10.1 Å². The molecule has 2 atom stereocenters. The highest BCUT2D eigenvalue weighted by molar-refractivity contribution is 5.52. The molecule has 20 heavy (non-hydrogen) atoms. The number of para-hydroxylation sites is 1. The Balaban J connectivity index is 1.80. The largest absolute Gasteiger partial charge is 0.492 e. The Morgan fingerprint density at radius 2 is 1.95 bits per heavy atom. The van der Waals surface area contributed by atoms with Crippen LogP contribution in [-0.2, 0) is 0 Å². The van der Waals surface area contributed by atoms with Gasteiger partial charge in [-0.1, -0.05) is 18.2 Å². The molecule has 0 aromatic heterocycles. The summed E-state index contributed by atoms with van der Waals surface area (Å²) in [6.07, 6.45) is -0.114. The van der Waals surface area contributed by atoms with Crippen LogP contribution in [0.5, 0.6) is 11.5 Å². The number of fused-ring (bicyclic) bond motifs is 5. The lowest BCUT2D eigenvalue weighted by Gasteiger charge is -2.27. The molecule has 0 N–H and O–H groups in total. The van der Waals surface area contributed by atoms with Crippen LogP contribution in [-0.4, -0.2) is 11.5 Å². The minimum absolute atomic E-state index is 0.0137. The highest BCUT2D eigenvalue weighted by atomic mass is 16.6. The topological polar surface area (TPSA) is 61.6 Å². The second kappa shape index (κ2) is 3.96. The number of rotatable bonds is 1. The van der Waals surface area contributed by atoms with Crippen LogP contribution in [0.1, 0.15) is 23.1 Å². The van der Waals surface area contributed by atoms with Crippen molar-refractivity contribution in [2.75, 3.05) is 6.61 Å². The maximum Gasteiger partial charge on any atom is 0.269 e. The first-order chi connectivity index (χ1) is 9.74. The molecular formula is C15H11NO4. The summed E-state index contributed by atoms with van der Waals surface area (Å²) >= 11 is 0. The van der Waals surface area contributed by atoms with Crippen LogP contribution in [0.15, 0.2) is 42.5 Å². The summed E-state index contributed by atoms with van der Waals surface area (Å²) in [5.74, 6) is 1.56. The van der Waals surface area contributed by atoms with Crippen molar-refractivity contribution in [3.63, 3.8) is 0 Å². The fourth-order valence-corrected chi connectivity index (χ4v) is 2.91. The van der Waals surface area contributed by atoms with Crippen molar-refractivity contribution in [3.8, 4) is 11.5 Å². The zero-order valence-corrected chi connectivity index (χ0v) is 10.5. The van der Waals surface area contributed by atoms with Gasteiger partial charge in [-0.25, -0.2) is 0 Å². The van der Waals surface area contributed by atoms with Crippen LogP contribution in [0.25, 0.3) is 0 Å². The minimum Gasteiger partial charge on any atom is -0.492 e. The first-order valence-corrected chi connectivity index (χ1v) is 6.41. The van der Waals surface area contributed by atoms with Crippen molar-refractivity contribution >= 4 is 5.69 Å². The van der Waals surface area contributed by atoms with Gasteiger partial charge in [-0.15, -0.1) is 0 Å². The molecule has 0 unspecified atom stereocenters. The van der Waals surface area contributed by atoms with Gasteiger partial charge in [0, 0.05) is 23.3 Å². The van der Waals surface area contributed by atoms with Crippen molar-refractivity contribution in [2.45, 2.75) is 12.0 Å². The van der Waals surface area contributed by atoms with Crippen molar-refractivity contribution < 1.29 is 14.4 Å². The highest BCUT2D eigenvalue weighted by Crippen LogP contribution is 2.51. The SMILES string of the molecule is O=[N+]([O-])c1ccc2c(c1)[C@H]1COc3ccccc3[C@H]1O2. The molecule has 0 saturated heterocycles. The number of benzene rings is 2. The van der Waals surface area contributed by atoms with Crippen LogP contribution >= 0.6 is 0 Å². The number of nitro benzene ring substituents is 1. The second-order valence-corrected chi connectivity index (χ2v) is 4.97. The van der Waals surface area contributed by atoms with Gasteiger partial charge in [-0.3, -0.25) is 10.1 Å². The van der Waals surface area contributed by atoms with Gasteiger partial charge in [0.1, 0.15) is 17.6 Å². The van der Waals surface area contributed by atoms with Crippen LogP contribution in [0.4, 0.5) is 5.69 Å². The molecule has 0 fully saturated rings. The van der Waals surface area contributed by atoms with Crippen molar-refractivity contribution in [1.82, 2.24) is 0 Å². The first-order valence-electron chi connectivity index (χ1n) is 6.41. The smallest absolute Gasteiger partial charge is 0.269 e. The predicted octanol–water partition coefficient (Wildman–Crippen LogP) is 3.20. The molecule has 0 saturated carbocycles. The van der Waals surface area contributed by atoms with Crippen molar-refractivity contribution in [2.24, 2.45) is 0 Å². The molecule has 2 aromatic rings. The van der Waals surface area contributed by atoms with E-state index in [-0.39, 0.29) is 22.6 Å². The molecule has 2 aliphatic heterocycles. The zero-order chi connectivity index (χ0) is 13.7. The zero-order valence-electron chi connectivity index (χ0n) is 10.5. The maximum absolute atomic E-state index is 10.9. The number of hydrogen-bond donors (Lipinski definition) is 0. The Morgan fingerprint density at radius 1 is 1.10 bits per heavy atom. The number of nitro groups is 1. The van der Waals surface area contributed by atoms with E-state index >= 15 is 0 Å². The van der Waals surface area contributed by atoms with E-state index in [4.69, 9.17) is 9.47 Å². The number of nitrogens with zero attached hydrogens (tertiary/aromatic N) is 1. The van der Waals surface area contributed by atoms with Gasteiger partial charge in [-0.2, -0.15) is 0 Å². The van der Waals surface area contributed by atoms with Gasteiger partial charge in [0.05, 0.1) is 17.4 Å². The molecule has 0 amide bonds. The van der Waals surface area contributed by atoms with E-state index in [1.807, 2.05) is 24.3 Å². The fourth-order valence-electron chi connectivity index (χ4n) is 2.91. The molecule has 5 heteroatoms. The molecule has 0 radical (unpaired) electrons. The third-order valence-corrected chi connectivity index (χ3v) is 3.87. The summed E-state index contributed by atoms with van der Waals surface area (Å²) in [4.78, 5) is 10.5. The second-order valence-electron chi connectivity index (χ2n) is 4.97. The van der Waals surface area contributed by atoms with E-state index in [2.05, 4.69) is 0 Å². The van der Waals surface area contributed by atoms with Crippen molar-refractivity contribution in [1.29, 1.82) is 0 Å². The lowest BCUT2D eigenvalue weighted by Crippen LogP contribution is -2.22. The highest BCUT2D eigenvalue weighted by Gasteiger charge is 2.41. The molecule has 2 aliphatic rings. The minimum atomic E-state index is -0.384. The maximum atomic E-state index is 10.9. The molecule has 2 aromatic carbocycles. The van der Waals surface area contributed by atoms with Gasteiger partial charge < -0.3 is 9.47 Å². The third kappa shape index (κ3) is 1.49. The van der Waals surface area contributed by atoms with E-state index in [1.54, 1.807) is 12.1 Å². The van der Waals surface area contributed by atoms with Gasteiger partial charge in [0.25, 0.3) is 5.69 Å². The Bertz CT molecular complexity index is 713. The summed E-state index contributed by atoms with van der Waals surface area (Å²) in [7, 11) is 0. The molecular weight excluding hydrogens is 258 g/mol. The van der Waals surface area contributed by atoms with E-state index in [0.29, 0.717) is 12.4 Å². The molecule has 0 bridgehead atoms. The van der Waals surface area contributed by atoms with E-state index < -0.39 is 0 Å². The van der Waals surface area contributed by atoms with Crippen LogP contribution in [0.3, 0.4) is 0 Å². The molecule has 5 nitrogen and oxygen atoms in total.